The van der Waals surface area contributed by atoms with Gasteiger partial charge in [0.1, 0.15) is 11.2 Å². The summed E-state index contributed by atoms with van der Waals surface area (Å²) in [6, 6.07) is 5.73. The predicted octanol–water partition coefficient (Wildman–Crippen LogP) is 2.60. The predicted molar refractivity (Wildman–Crippen MR) is 123 cm³/mol. The quantitative estimate of drug-likeness (QED) is 0.637. The average Bonchev–Trinajstić information content (AvgIpc) is 3.53. The van der Waals surface area contributed by atoms with Gasteiger partial charge in [0.05, 0.1) is 6.54 Å². The van der Waals surface area contributed by atoms with Gasteiger partial charge < -0.3 is 15.5 Å². The van der Waals surface area contributed by atoms with Gasteiger partial charge in [0.15, 0.2) is 5.69 Å². The van der Waals surface area contributed by atoms with Gasteiger partial charge in [-0.05, 0) is 44.1 Å². The van der Waals surface area contributed by atoms with Crippen molar-refractivity contribution in [3.63, 3.8) is 0 Å². The highest BCUT2D eigenvalue weighted by molar-refractivity contribution is 7.09. The summed E-state index contributed by atoms with van der Waals surface area (Å²) in [6.07, 6.45) is 5.68. The summed E-state index contributed by atoms with van der Waals surface area (Å²) in [5.74, 6) is -0.711. The van der Waals surface area contributed by atoms with E-state index in [1.54, 1.807) is 29.2 Å². The van der Waals surface area contributed by atoms with Crippen LogP contribution in [0.15, 0.2) is 23.6 Å². The molecule has 3 amide bonds. The van der Waals surface area contributed by atoms with Gasteiger partial charge in [0, 0.05) is 30.1 Å². The fourth-order valence-corrected chi connectivity index (χ4v) is 5.29. The number of amides is 3. The van der Waals surface area contributed by atoms with Crippen LogP contribution in [0.3, 0.4) is 0 Å². The molecule has 3 heterocycles. The number of aromatic nitrogens is 2. The zero-order chi connectivity index (χ0) is 22.7. The van der Waals surface area contributed by atoms with E-state index in [2.05, 4.69) is 15.7 Å². The molecule has 2 aliphatic rings. The molecule has 0 bridgehead atoms. The van der Waals surface area contributed by atoms with Crippen LogP contribution in [0.1, 0.15) is 71.8 Å². The highest BCUT2D eigenvalue weighted by atomic mass is 32.1. The van der Waals surface area contributed by atoms with Crippen molar-refractivity contribution in [2.75, 3.05) is 13.1 Å². The lowest BCUT2D eigenvalue weighted by atomic mass is 9.94. The number of nitrogens with zero attached hydrogens (tertiary/aromatic N) is 3. The van der Waals surface area contributed by atoms with Crippen LogP contribution in [0.4, 0.5) is 0 Å². The summed E-state index contributed by atoms with van der Waals surface area (Å²) in [7, 11) is 0. The maximum absolute atomic E-state index is 13.3. The highest BCUT2D eigenvalue weighted by Gasteiger charge is 2.48. The van der Waals surface area contributed by atoms with Crippen molar-refractivity contribution < 1.29 is 14.4 Å². The number of thiophene rings is 1. The Hall–Kier alpha value is -2.68. The Bertz CT molecular complexity index is 980. The summed E-state index contributed by atoms with van der Waals surface area (Å²) in [4.78, 5) is 42.1. The second kappa shape index (κ2) is 9.44. The number of hydrogen-bond donors (Lipinski definition) is 2. The van der Waals surface area contributed by atoms with Gasteiger partial charge in [-0.2, -0.15) is 5.10 Å². The third-order valence-electron chi connectivity index (χ3n) is 6.39. The third kappa shape index (κ3) is 4.44. The lowest BCUT2D eigenvalue weighted by Crippen LogP contribution is -2.65. The Balaban J connectivity index is 1.50. The van der Waals surface area contributed by atoms with Crippen LogP contribution in [-0.4, -0.2) is 57.1 Å². The second-order valence-corrected chi connectivity index (χ2v) is 9.88. The van der Waals surface area contributed by atoms with Gasteiger partial charge >= 0.3 is 0 Å². The summed E-state index contributed by atoms with van der Waals surface area (Å²) in [5, 5.41) is 12.4. The zero-order valence-corrected chi connectivity index (χ0v) is 19.5. The molecule has 1 aliphatic heterocycles. The molecule has 9 heteroatoms. The van der Waals surface area contributed by atoms with Crippen molar-refractivity contribution >= 4 is 29.1 Å². The summed E-state index contributed by atoms with van der Waals surface area (Å²) in [6.45, 7) is 4.99. The van der Waals surface area contributed by atoms with Crippen LogP contribution in [0.25, 0.3) is 0 Å². The van der Waals surface area contributed by atoms with E-state index in [0.29, 0.717) is 18.8 Å². The highest BCUT2D eigenvalue weighted by Crippen LogP contribution is 2.29. The van der Waals surface area contributed by atoms with E-state index in [4.69, 9.17) is 0 Å². The summed E-state index contributed by atoms with van der Waals surface area (Å²) in [5.41, 5.74) is -0.480. The monoisotopic (exact) mass is 457 g/mol. The van der Waals surface area contributed by atoms with Gasteiger partial charge in [0.2, 0.25) is 5.91 Å². The number of carbonyl (C=O) groups excluding carboxylic acids is 3. The minimum absolute atomic E-state index is 0.144. The molecule has 0 aromatic carbocycles. The van der Waals surface area contributed by atoms with E-state index < -0.39 is 5.54 Å². The smallest absolute Gasteiger partial charge is 0.273 e. The number of rotatable bonds is 8. The molecule has 8 nitrogen and oxygen atoms in total. The van der Waals surface area contributed by atoms with Gasteiger partial charge in [-0.25, -0.2) is 0 Å². The minimum atomic E-state index is -1.04. The summed E-state index contributed by atoms with van der Waals surface area (Å²) >= 11 is 1.65. The van der Waals surface area contributed by atoms with E-state index in [1.165, 1.54) is 9.56 Å². The first-order chi connectivity index (χ1) is 15.4. The number of carbonyl (C=O) groups is 3. The number of fused-ring (bicyclic) bond motifs is 1. The van der Waals surface area contributed by atoms with Crippen LogP contribution in [0.2, 0.25) is 0 Å². The van der Waals surface area contributed by atoms with Gasteiger partial charge in [-0.3, -0.25) is 19.1 Å². The van der Waals surface area contributed by atoms with Crippen molar-refractivity contribution in [2.24, 2.45) is 0 Å². The Labute approximate surface area is 192 Å². The van der Waals surface area contributed by atoms with E-state index in [0.717, 1.165) is 38.5 Å². The topological polar surface area (TPSA) is 96.3 Å². The molecule has 2 aromatic heterocycles. The molecule has 4 rings (SSSR count). The maximum atomic E-state index is 13.3. The van der Waals surface area contributed by atoms with Crippen molar-refractivity contribution in [3.05, 3.63) is 39.8 Å². The Kier molecular flexibility index (Phi) is 6.64. The first-order valence-electron chi connectivity index (χ1n) is 11.4. The molecule has 1 aliphatic carbocycles. The molecular weight excluding hydrogens is 426 g/mol. The Morgan fingerprint density at radius 2 is 2.09 bits per heavy atom. The molecule has 2 N–H and O–H groups in total. The largest absolute Gasteiger partial charge is 0.351 e. The van der Waals surface area contributed by atoms with Gasteiger partial charge in [0.25, 0.3) is 11.8 Å². The summed E-state index contributed by atoms with van der Waals surface area (Å²) < 4.78 is 1.52. The van der Waals surface area contributed by atoms with Crippen LogP contribution in [-0.2, 0) is 17.8 Å². The van der Waals surface area contributed by atoms with Crippen molar-refractivity contribution in [1.29, 1.82) is 0 Å². The van der Waals surface area contributed by atoms with E-state index in [9.17, 15) is 14.4 Å². The molecule has 1 fully saturated rings. The average molecular weight is 458 g/mol. The molecule has 1 atom stereocenters. The number of hydrogen-bond acceptors (Lipinski definition) is 5. The zero-order valence-electron chi connectivity index (χ0n) is 18.7. The van der Waals surface area contributed by atoms with Gasteiger partial charge in [-0.1, -0.05) is 25.8 Å². The normalized spacial score (nSPS) is 20.9. The van der Waals surface area contributed by atoms with Crippen LogP contribution < -0.4 is 10.6 Å². The SMILES string of the molecule is CCCN1C(=O)c2cc(C(=O)NCCc3cccs3)nn2C[C@]1(C)C(=O)NC1CCCC1. The van der Waals surface area contributed by atoms with Crippen LogP contribution in [0.5, 0.6) is 0 Å². The third-order valence-corrected chi connectivity index (χ3v) is 7.33. The maximum Gasteiger partial charge on any atom is 0.273 e. The fraction of sp³-hybridized carbons (Fsp3) is 0.565. The van der Waals surface area contributed by atoms with Crippen molar-refractivity contribution in [3.8, 4) is 0 Å². The fourth-order valence-electron chi connectivity index (χ4n) is 4.58. The minimum Gasteiger partial charge on any atom is -0.351 e. The molecule has 0 spiro atoms. The van der Waals surface area contributed by atoms with E-state index in [-0.39, 0.29) is 36.0 Å². The number of nitrogens with one attached hydrogen (secondary N) is 2. The molecule has 172 valence electrons. The second-order valence-electron chi connectivity index (χ2n) is 8.84. The lowest BCUT2D eigenvalue weighted by Gasteiger charge is -2.43. The first kappa shape index (κ1) is 22.5. The molecule has 2 aromatic rings. The Morgan fingerprint density at radius 3 is 2.78 bits per heavy atom. The Morgan fingerprint density at radius 1 is 1.31 bits per heavy atom. The molecule has 32 heavy (non-hydrogen) atoms. The molecule has 0 unspecified atom stereocenters. The van der Waals surface area contributed by atoms with Crippen molar-refractivity contribution in [1.82, 2.24) is 25.3 Å². The van der Waals surface area contributed by atoms with Crippen LogP contribution in [0, 0.1) is 0 Å². The molecule has 0 saturated heterocycles. The first-order valence-corrected chi connectivity index (χ1v) is 12.3. The molecule has 0 radical (unpaired) electrons. The van der Waals surface area contributed by atoms with E-state index in [1.807, 2.05) is 24.4 Å². The standard InChI is InChI=1S/C23H31N5O3S/c1-3-12-27-21(30)19-14-18(20(29)24-11-10-17-9-6-13-32-17)26-28(19)15-23(27,2)22(31)25-16-7-4-5-8-16/h6,9,13-14,16H,3-5,7-8,10-12,15H2,1-2H3,(H,24,29)(H,25,31)/t23-/m1/s1. The lowest BCUT2D eigenvalue weighted by molar-refractivity contribution is -0.133. The van der Waals surface area contributed by atoms with Gasteiger partial charge in [-0.15, -0.1) is 11.3 Å². The molecular formula is C23H31N5O3S. The van der Waals surface area contributed by atoms with Crippen LogP contribution >= 0.6 is 11.3 Å². The van der Waals surface area contributed by atoms with E-state index >= 15 is 0 Å². The van der Waals surface area contributed by atoms with Crippen molar-refractivity contribution in [2.45, 2.75) is 70.5 Å². The molecule has 1 saturated carbocycles.